The van der Waals surface area contributed by atoms with Gasteiger partial charge < -0.3 is 5.11 Å². The van der Waals surface area contributed by atoms with Crippen LogP contribution in [0.15, 0.2) is 35.9 Å². The summed E-state index contributed by atoms with van der Waals surface area (Å²) in [6, 6.07) is 10.5. The van der Waals surface area contributed by atoms with Crippen molar-refractivity contribution in [1.82, 2.24) is 0 Å². The summed E-state index contributed by atoms with van der Waals surface area (Å²) < 4.78 is 0. The number of nitriles is 1. The van der Waals surface area contributed by atoms with Crippen LogP contribution in [-0.4, -0.2) is 11.1 Å². The summed E-state index contributed by atoms with van der Waals surface area (Å²) >= 11 is 0. The Morgan fingerprint density at radius 3 is 2.46 bits per heavy atom. The van der Waals surface area contributed by atoms with E-state index in [4.69, 9.17) is 10.4 Å². The second kappa shape index (κ2) is 4.07. The highest BCUT2D eigenvalue weighted by molar-refractivity contribution is 5.96. The molecule has 0 spiro atoms. The van der Waals surface area contributed by atoms with Crippen molar-refractivity contribution in [2.24, 2.45) is 0 Å². The van der Waals surface area contributed by atoms with Crippen LogP contribution < -0.4 is 0 Å². The Morgan fingerprint density at radius 1 is 1.38 bits per heavy atom. The molecule has 64 valence electrons. The van der Waals surface area contributed by atoms with Crippen molar-refractivity contribution in [3.05, 3.63) is 41.5 Å². The van der Waals surface area contributed by atoms with Crippen molar-refractivity contribution in [3.63, 3.8) is 0 Å². The van der Waals surface area contributed by atoms with Gasteiger partial charge in [-0.15, -0.1) is 0 Å². The molecule has 0 heterocycles. The Balaban J connectivity index is 3.01. The van der Waals surface area contributed by atoms with Gasteiger partial charge in [0, 0.05) is 0 Å². The Morgan fingerprint density at radius 2 is 2.00 bits per heavy atom. The highest BCUT2D eigenvalue weighted by atomic mass is 16.4. The van der Waals surface area contributed by atoms with Gasteiger partial charge in [0.25, 0.3) is 0 Å². The van der Waals surface area contributed by atoms with Crippen molar-refractivity contribution in [1.29, 1.82) is 5.26 Å². The molecule has 0 fully saturated rings. The fourth-order valence-corrected chi connectivity index (χ4v) is 0.858. The van der Waals surface area contributed by atoms with E-state index in [-0.39, 0.29) is 5.57 Å². The number of carboxylic acids is 1. The summed E-state index contributed by atoms with van der Waals surface area (Å²) in [6.07, 6.45) is 1.34. The van der Waals surface area contributed by atoms with Crippen LogP contribution in [0.5, 0.6) is 0 Å². The zero-order valence-corrected chi connectivity index (χ0v) is 6.77. The summed E-state index contributed by atoms with van der Waals surface area (Å²) in [5.41, 5.74) is 0.452. The topological polar surface area (TPSA) is 61.1 Å². The largest absolute Gasteiger partial charge is 0.477 e. The lowest BCUT2D eigenvalue weighted by molar-refractivity contribution is -0.132. The lowest BCUT2D eigenvalue weighted by atomic mass is 10.1. The number of benzene rings is 1. The standard InChI is InChI=1S/C10H7NO2/c11-7-9(10(12)13)6-8-4-2-1-3-5-8/h1-6H,(H,12,13)/b9-6-. The zero-order valence-electron chi connectivity index (χ0n) is 6.77. The molecule has 0 aromatic heterocycles. The maximum atomic E-state index is 10.4. The van der Waals surface area contributed by atoms with Crippen LogP contribution in [0.1, 0.15) is 5.56 Å². The smallest absolute Gasteiger partial charge is 0.346 e. The lowest BCUT2D eigenvalue weighted by Crippen LogP contribution is -1.97. The molecule has 0 aliphatic carbocycles. The summed E-state index contributed by atoms with van der Waals surface area (Å²) in [4.78, 5) is 10.4. The minimum absolute atomic E-state index is 0.258. The van der Waals surface area contributed by atoms with Gasteiger partial charge in [-0.1, -0.05) is 30.3 Å². The first-order chi connectivity index (χ1) is 6.24. The highest BCUT2D eigenvalue weighted by Crippen LogP contribution is 2.05. The number of rotatable bonds is 2. The SMILES string of the molecule is N#C/C(=C/c1ccccc1)C(=O)O. The summed E-state index contributed by atoms with van der Waals surface area (Å²) in [5, 5.41) is 17.0. The minimum atomic E-state index is -1.20. The van der Waals surface area contributed by atoms with E-state index in [1.807, 2.05) is 6.07 Å². The van der Waals surface area contributed by atoms with Gasteiger partial charge in [0.1, 0.15) is 11.6 Å². The average molecular weight is 173 g/mol. The summed E-state index contributed by atoms with van der Waals surface area (Å²) in [6.45, 7) is 0. The second-order valence-electron chi connectivity index (χ2n) is 2.39. The zero-order chi connectivity index (χ0) is 9.68. The molecule has 0 saturated heterocycles. The Bertz CT molecular complexity index is 374. The van der Waals surface area contributed by atoms with Gasteiger partial charge >= 0.3 is 5.97 Å². The third kappa shape index (κ3) is 2.46. The van der Waals surface area contributed by atoms with Gasteiger partial charge in [-0.3, -0.25) is 0 Å². The number of hydrogen-bond acceptors (Lipinski definition) is 2. The Hall–Kier alpha value is -2.08. The molecule has 0 atom stereocenters. The molecule has 0 radical (unpaired) electrons. The molecule has 0 aliphatic rings. The highest BCUT2D eigenvalue weighted by Gasteiger charge is 2.04. The van der Waals surface area contributed by atoms with Gasteiger partial charge in [0.2, 0.25) is 0 Å². The van der Waals surface area contributed by atoms with Crippen LogP contribution in [0.25, 0.3) is 6.08 Å². The monoisotopic (exact) mass is 173 g/mol. The normalized spacial score (nSPS) is 10.5. The molecule has 3 nitrogen and oxygen atoms in total. The van der Waals surface area contributed by atoms with Crippen molar-refractivity contribution in [3.8, 4) is 6.07 Å². The molecule has 0 saturated carbocycles. The third-order valence-corrected chi connectivity index (χ3v) is 1.46. The van der Waals surface area contributed by atoms with Gasteiger partial charge in [-0.2, -0.15) is 5.26 Å². The summed E-state index contributed by atoms with van der Waals surface area (Å²) in [5.74, 6) is -1.20. The van der Waals surface area contributed by atoms with Gasteiger partial charge in [0.05, 0.1) is 0 Å². The molecule has 0 amide bonds. The van der Waals surface area contributed by atoms with Crippen LogP contribution in [0, 0.1) is 11.3 Å². The van der Waals surface area contributed by atoms with Crippen LogP contribution >= 0.6 is 0 Å². The van der Waals surface area contributed by atoms with Crippen LogP contribution in [0.3, 0.4) is 0 Å². The predicted molar refractivity (Wildman–Crippen MR) is 47.7 cm³/mol. The number of carboxylic acid groups (broad SMARTS) is 1. The van der Waals surface area contributed by atoms with Gasteiger partial charge in [-0.05, 0) is 11.6 Å². The summed E-state index contributed by atoms with van der Waals surface area (Å²) in [7, 11) is 0. The number of nitrogens with zero attached hydrogens (tertiary/aromatic N) is 1. The van der Waals surface area contributed by atoms with E-state index in [2.05, 4.69) is 0 Å². The average Bonchev–Trinajstić information content (AvgIpc) is 2.15. The molecule has 1 rings (SSSR count). The fourth-order valence-electron chi connectivity index (χ4n) is 0.858. The lowest BCUT2D eigenvalue weighted by Gasteiger charge is -1.91. The van der Waals surface area contributed by atoms with E-state index in [1.54, 1.807) is 30.3 Å². The Labute approximate surface area is 75.5 Å². The third-order valence-electron chi connectivity index (χ3n) is 1.46. The van der Waals surface area contributed by atoms with Gasteiger partial charge in [0.15, 0.2) is 0 Å². The van der Waals surface area contributed by atoms with E-state index >= 15 is 0 Å². The van der Waals surface area contributed by atoms with Crippen LogP contribution in [0.2, 0.25) is 0 Å². The van der Waals surface area contributed by atoms with E-state index in [0.29, 0.717) is 5.56 Å². The quantitative estimate of drug-likeness (QED) is 0.546. The number of aliphatic carboxylic acids is 1. The van der Waals surface area contributed by atoms with Crippen molar-refractivity contribution in [2.75, 3.05) is 0 Å². The maximum absolute atomic E-state index is 10.4. The van der Waals surface area contributed by atoms with Crippen molar-refractivity contribution >= 4 is 12.0 Å². The van der Waals surface area contributed by atoms with E-state index < -0.39 is 5.97 Å². The molecule has 1 aromatic carbocycles. The maximum Gasteiger partial charge on any atom is 0.346 e. The molecule has 0 aliphatic heterocycles. The molecular formula is C10H7NO2. The molecule has 0 bridgehead atoms. The molecule has 0 unspecified atom stereocenters. The van der Waals surface area contributed by atoms with Crippen LogP contribution in [-0.2, 0) is 4.79 Å². The van der Waals surface area contributed by atoms with Crippen LogP contribution in [0.4, 0.5) is 0 Å². The predicted octanol–water partition coefficient (Wildman–Crippen LogP) is 1.68. The Kier molecular flexibility index (Phi) is 2.82. The molecule has 1 aromatic rings. The number of hydrogen-bond donors (Lipinski definition) is 1. The fraction of sp³-hybridized carbons (Fsp3) is 0. The first kappa shape index (κ1) is 9.01. The molecule has 13 heavy (non-hydrogen) atoms. The molecular weight excluding hydrogens is 166 g/mol. The van der Waals surface area contributed by atoms with E-state index in [0.717, 1.165) is 0 Å². The van der Waals surface area contributed by atoms with Crippen molar-refractivity contribution < 1.29 is 9.90 Å². The van der Waals surface area contributed by atoms with Gasteiger partial charge in [-0.25, -0.2) is 4.79 Å². The first-order valence-corrected chi connectivity index (χ1v) is 3.64. The minimum Gasteiger partial charge on any atom is -0.477 e. The second-order valence-corrected chi connectivity index (χ2v) is 2.39. The van der Waals surface area contributed by atoms with Crippen molar-refractivity contribution in [2.45, 2.75) is 0 Å². The first-order valence-electron chi connectivity index (χ1n) is 3.64. The van der Waals surface area contributed by atoms with E-state index in [9.17, 15) is 4.79 Å². The molecule has 1 N–H and O–H groups in total. The number of carbonyl (C=O) groups is 1. The molecule has 3 heteroatoms. The van der Waals surface area contributed by atoms with E-state index in [1.165, 1.54) is 6.08 Å².